The van der Waals surface area contributed by atoms with Crippen LogP contribution >= 0.6 is 11.6 Å². The summed E-state index contributed by atoms with van der Waals surface area (Å²) in [6.07, 6.45) is -7.01. The van der Waals surface area contributed by atoms with Crippen molar-refractivity contribution in [2.75, 3.05) is 0 Å². The number of aromatic nitrogens is 1. The third kappa shape index (κ3) is 3.22. The van der Waals surface area contributed by atoms with Crippen molar-refractivity contribution in [3.05, 3.63) is 22.6 Å². The highest BCUT2D eigenvalue weighted by Crippen LogP contribution is 2.28. The Labute approximate surface area is 103 Å². The van der Waals surface area contributed by atoms with E-state index in [4.69, 9.17) is 16.7 Å². The van der Waals surface area contributed by atoms with E-state index >= 15 is 0 Å². The first-order chi connectivity index (χ1) is 8.12. The molecule has 4 nitrogen and oxygen atoms in total. The molecule has 1 aromatic rings. The van der Waals surface area contributed by atoms with Crippen LogP contribution in [0.15, 0.2) is 6.07 Å². The topological polar surface area (TPSA) is 59.4 Å². The molecule has 0 amide bonds. The Kier molecular flexibility index (Phi) is 4.00. The van der Waals surface area contributed by atoms with Gasteiger partial charge < -0.3 is 9.84 Å². The first-order valence-electron chi connectivity index (χ1n) is 4.45. The number of carboxylic acids is 1. The Morgan fingerprint density at radius 3 is 2.56 bits per heavy atom. The molecular formula is C9H6ClF4NO3. The zero-order chi connectivity index (χ0) is 14.1. The molecule has 1 aromatic heterocycles. The van der Waals surface area contributed by atoms with Gasteiger partial charge >= 0.3 is 12.1 Å². The van der Waals surface area contributed by atoms with Gasteiger partial charge in [0.1, 0.15) is 5.56 Å². The van der Waals surface area contributed by atoms with E-state index < -0.39 is 40.7 Å². The molecule has 0 spiro atoms. The minimum atomic E-state index is -4.71. The molecule has 18 heavy (non-hydrogen) atoms. The van der Waals surface area contributed by atoms with Crippen LogP contribution in [0.3, 0.4) is 0 Å². The smallest absolute Gasteiger partial charge is 0.425 e. The van der Waals surface area contributed by atoms with Crippen LogP contribution in [0.1, 0.15) is 17.3 Å². The Balaban J connectivity index is 3.15. The molecule has 0 fully saturated rings. The van der Waals surface area contributed by atoms with Crippen molar-refractivity contribution in [2.24, 2.45) is 0 Å². The molecule has 0 aliphatic heterocycles. The highest BCUT2D eigenvalue weighted by molar-refractivity contribution is 6.29. The zero-order valence-corrected chi connectivity index (χ0v) is 9.51. The number of ether oxygens (including phenoxy) is 1. The first kappa shape index (κ1) is 14.5. The van der Waals surface area contributed by atoms with Crippen molar-refractivity contribution in [1.29, 1.82) is 0 Å². The summed E-state index contributed by atoms with van der Waals surface area (Å²) in [5, 5.41) is 7.91. The van der Waals surface area contributed by atoms with E-state index in [0.29, 0.717) is 13.0 Å². The molecule has 0 bridgehead atoms. The third-order valence-electron chi connectivity index (χ3n) is 1.88. The fourth-order valence-corrected chi connectivity index (χ4v) is 1.06. The number of hydrogen-bond donors (Lipinski definition) is 1. The van der Waals surface area contributed by atoms with Crippen molar-refractivity contribution in [1.82, 2.24) is 4.98 Å². The van der Waals surface area contributed by atoms with Crippen LogP contribution in [0.25, 0.3) is 0 Å². The van der Waals surface area contributed by atoms with Gasteiger partial charge in [-0.05, 0) is 13.0 Å². The standard InChI is InChI=1S/C9H6ClF4NO3/c1-3(9(12,13)14)18-7-4(8(16)17)2-5(11)6(10)15-7/h2-3H,1H3,(H,16,17). The van der Waals surface area contributed by atoms with Crippen molar-refractivity contribution >= 4 is 17.6 Å². The monoisotopic (exact) mass is 287 g/mol. The summed E-state index contributed by atoms with van der Waals surface area (Å²) in [5.41, 5.74) is -0.840. The number of aromatic carboxylic acids is 1. The average molecular weight is 288 g/mol. The minimum Gasteiger partial charge on any atom is -0.477 e. The Morgan fingerprint density at radius 2 is 2.11 bits per heavy atom. The first-order valence-corrected chi connectivity index (χ1v) is 4.83. The maximum absolute atomic E-state index is 13.0. The molecule has 0 aliphatic rings. The van der Waals surface area contributed by atoms with Gasteiger partial charge in [0, 0.05) is 0 Å². The predicted molar refractivity (Wildman–Crippen MR) is 52.3 cm³/mol. The molecule has 1 heterocycles. The number of carboxylic acid groups (broad SMARTS) is 1. The van der Waals surface area contributed by atoms with Crippen LogP contribution in [-0.2, 0) is 0 Å². The average Bonchev–Trinajstić information content (AvgIpc) is 2.21. The van der Waals surface area contributed by atoms with Gasteiger partial charge in [0.05, 0.1) is 0 Å². The summed E-state index contributed by atoms with van der Waals surface area (Å²) in [6, 6.07) is 0.441. The number of carbonyl (C=O) groups is 1. The molecule has 0 aromatic carbocycles. The van der Waals surface area contributed by atoms with E-state index in [2.05, 4.69) is 9.72 Å². The fraction of sp³-hybridized carbons (Fsp3) is 0.333. The molecule has 0 saturated carbocycles. The summed E-state index contributed by atoms with van der Waals surface area (Å²) in [7, 11) is 0. The molecular weight excluding hydrogens is 282 g/mol. The molecule has 0 aliphatic carbocycles. The van der Waals surface area contributed by atoms with Gasteiger partial charge in [-0.1, -0.05) is 11.6 Å². The number of nitrogens with zero attached hydrogens (tertiary/aromatic N) is 1. The van der Waals surface area contributed by atoms with Gasteiger partial charge in [-0.3, -0.25) is 0 Å². The van der Waals surface area contributed by atoms with Crippen LogP contribution in [0.5, 0.6) is 5.88 Å². The van der Waals surface area contributed by atoms with Gasteiger partial charge in [-0.2, -0.15) is 18.2 Å². The van der Waals surface area contributed by atoms with Crippen molar-refractivity contribution in [2.45, 2.75) is 19.2 Å². The second-order valence-corrected chi connectivity index (χ2v) is 3.58. The Bertz CT molecular complexity index is 478. The zero-order valence-electron chi connectivity index (χ0n) is 8.76. The van der Waals surface area contributed by atoms with Crippen molar-refractivity contribution < 1.29 is 32.2 Å². The molecule has 0 saturated heterocycles. The lowest BCUT2D eigenvalue weighted by Gasteiger charge is -2.18. The summed E-state index contributed by atoms with van der Waals surface area (Å²) in [6.45, 7) is 0.657. The van der Waals surface area contributed by atoms with Crippen LogP contribution in [0.2, 0.25) is 5.15 Å². The summed E-state index contributed by atoms with van der Waals surface area (Å²) in [5.74, 6) is -3.73. The van der Waals surface area contributed by atoms with Crippen LogP contribution in [-0.4, -0.2) is 28.3 Å². The Morgan fingerprint density at radius 1 is 1.56 bits per heavy atom. The maximum Gasteiger partial charge on any atom is 0.425 e. The number of alkyl halides is 3. The van der Waals surface area contributed by atoms with E-state index in [1.165, 1.54) is 0 Å². The number of hydrogen-bond acceptors (Lipinski definition) is 3. The lowest BCUT2D eigenvalue weighted by molar-refractivity contribution is -0.190. The molecule has 9 heteroatoms. The quantitative estimate of drug-likeness (QED) is 0.686. The minimum absolute atomic E-state index is 0.441. The van der Waals surface area contributed by atoms with E-state index in [1.807, 2.05) is 0 Å². The lowest BCUT2D eigenvalue weighted by atomic mass is 10.2. The van der Waals surface area contributed by atoms with E-state index in [9.17, 15) is 22.4 Å². The van der Waals surface area contributed by atoms with Crippen LogP contribution < -0.4 is 4.74 Å². The van der Waals surface area contributed by atoms with Crippen LogP contribution in [0.4, 0.5) is 17.6 Å². The van der Waals surface area contributed by atoms with Gasteiger partial charge in [-0.15, -0.1) is 0 Å². The van der Waals surface area contributed by atoms with Crippen LogP contribution in [0, 0.1) is 5.82 Å². The normalized spacial score (nSPS) is 13.2. The third-order valence-corrected chi connectivity index (χ3v) is 2.14. The van der Waals surface area contributed by atoms with Crippen molar-refractivity contribution in [3.63, 3.8) is 0 Å². The Hall–Kier alpha value is -1.57. The van der Waals surface area contributed by atoms with Gasteiger partial charge in [0.15, 0.2) is 17.1 Å². The van der Waals surface area contributed by atoms with Gasteiger partial charge in [0.2, 0.25) is 5.88 Å². The SMILES string of the molecule is CC(Oc1nc(Cl)c(F)cc1C(=O)O)C(F)(F)F. The highest BCUT2D eigenvalue weighted by atomic mass is 35.5. The second-order valence-electron chi connectivity index (χ2n) is 3.22. The summed E-state index contributed by atoms with van der Waals surface area (Å²) < 4.78 is 54.0. The summed E-state index contributed by atoms with van der Waals surface area (Å²) in [4.78, 5) is 13.8. The number of rotatable bonds is 3. The molecule has 0 radical (unpaired) electrons. The van der Waals surface area contributed by atoms with Crippen molar-refractivity contribution in [3.8, 4) is 5.88 Å². The van der Waals surface area contributed by atoms with Gasteiger partial charge in [-0.25, -0.2) is 9.18 Å². The molecule has 1 N–H and O–H groups in total. The summed E-state index contributed by atoms with van der Waals surface area (Å²) >= 11 is 5.25. The van der Waals surface area contributed by atoms with Gasteiger partial charge in [0.25, 0.3) is 0 Å². The predicted octanol–water partition coefficient (Wildman–Crippen LogP) is 2.90. The number of halogens is 5. The highest BCUT2D eigenvalue weighted by Gasteiger charge is 2.39. The van der Waals surface area contributed by atoms with E-state index in [0.717, 1.165) is 0 Å². The molecule has 1 rings (SSSR count). The largest absolute Gasteiger partial charge is 0.477 e. The number of pyridine rings is 1. The lowest BCUT2D eigenvalue weighted by Crippen LogP contribution is -2.32. The second kappa shape index (κ2) is 4.97. The van der Waals surface area contributed by atoms with E-state index in [1.54, 1.807) is 0 Å². The molecule has 1 unspecified atom stereocenters. The fourth-order valence-electron chi connectivity index (χ4n) is 0.928. The maximum atomic E-state index is 13.0. The van der Waals surface area contributed by atoms with E-state index in [-0.39, 0.29) is 0 Å². The molecule has 1 atom stereocenters. The molecule has 100 valence electrons.